The molecule has 1 atom stereocenters. The third kappa shape index (κ3) is 2.97. The highest BCUT2D eigenvalue weighted by Crippen LogP contribution is 2.19. The second-order valence-electron chi connectivity index (χ2n) is 3.93. The first kappa shape index (κ1) is 11.9. The maximum Gasteiger partial charge on any atom is 0.342 e. The molecule has 0 aromatic heterocycles. The summed E-state index contributed by atoms with van der Waals surface area (Å²) in [5.74, 6) is 0.169. The molecule has 0 bridgehead atoms. The molecule has 0 N–H and O–H groups in total. The van der Waals surface area contributed by atoms with Crippen molar-refractivity contribution in [3.8, 4) is 5.75 Å². The Kier molecular flexibility index (Phi) is 3.98. The van der Waals surface area contributed by atoms with Gasteiger partial charge >= 0.3 is 5.97 Å². The summed E-state index contributed by atoms with van der Waals surface area (Å²) in [4.78, 5) is 11.8. The van der Waals surface area contributed by atoms with E-state index in [1.165, 1.54) is 7.11 Å². The molecule has 1 saturated heterocycles. The molecular weight excluding hydrogens is 220 g/mol. The van der Waals surface area contributed by atoms with Crippen LogP contribution < -0.4 is 4.74 Å². The number of carbonyl (C=O) groups is 1. The average molecular weight is 236 g/mol. The Hall–Kier alpha value is -1.55. The molecule has 92 valence electrons. The van der Waals surface area contributed by atoms with Crippen molar-refractivity contribution >= 4 is 5.97 Å². The van der Waals surface area contributed by atoms with Crippen molar-refractivity contribution < 1.29 is 19.0 Å². The molecule has 4 nitrogen and oxygen atoms in total. The number of hydrogen-bond acceptors (Lipinski definition) is 4. The van der Waals surface area contributed by atoms with E-state index in [9.17, 15) is 4.79 Å². The van der Waals surface area contributed by atoms with E-state index in [-0.39, 0.29) is 12.1 Å². The lowest BCUT2D eigenvalue weighted by molar-refractivity contribution is 0.0159. The summed E-state index contributed by atoms with van der Waals surface area (Å²) in [7, 11) is 1.53. The van der Waals surface area contributed by atoms with Crippen LogP contribution in [0, 0.1) is 0 Å². The second-order valence-corrected chi connectivity index (χ2v) is 3.93. The van der Waals surface area contributed by atoms with Crippen LogP contribution in [0.15, 0.2) is 24.3 Å². The smallest absolute Gasteiger partial charge is 0.342 e. The Morgan fingerprint density at radius 3 is 3.00 bits per heavy atom. The van der Waals surface area contributed by atoms with Crippen molar-refractivity contribution in [1.82, 2.24) is 0 Å². The summed E-state index contributed by atoms with van der Waals surface area (Å²) in [5, 5.41) is 0. The Bertz CT molecular complexity index is 383. The maximum absolute atomic E-state index is 11.8. The Morgan fingerprint density at radius 1 is 1.47 bits per heavy atom. The van der Waals surface area contributed by atoms with Crippen LogP contribution in [0.3, 0.4) is 0 Å². The molecule has 1 heterocycles. The lowest BCUT2D eigenvalue weighted by Gasteiger charge is -2.11. The maximum atomic E-state index is 11.8. The molecule has 1 aliphatic rings. The fourth-order valence-corrected chi connectivity index (χ4v) is 1.84. The summed E-state index contributed by atoms with van der Waals surface area (Å²) in [6.45, 7) is 1.08. The molecule has 17 heavy (non-hydrogen) atoms. The summed E-state index contributed by atoms with van der Waals surface area (Å²) >= 11 is 0. The van der Waals surface area contributed by atoms with Gasteiger partial charge in [0.1, 0.15) is 17.9 Å². The highest BCUT2D eigenvalue weighted by Gasteiger charge is 2.19. The van der Waals surface area contributed by atoms with Crippen molar-refractivity contribution in [2.24, 2.45) is 0 Å². The first-order chi connectivity index (χ1) is 8.31. The molecule has 4 heteroatoms. The Morgan fingerprint density at radius 2 is 2.29 bits per heavy atom. The standard InChI is InChI=1S/C13H16O4/c1-15-12-7-3-2-6-11(12)13(14)17-9-10-5-4-8-16-10/h2-3,6-7,10H,4-5,8-9H2,1H3. The first-order valence-corrected chi connectivity index (χ1v) is 5.73. The van der Waals surface area contributed by atoms with Crippen LogP contribution in [0.2, 0.25) is 0 Å². The number of para-hydroxylation sites is 1. The van der Waals surface area contributed by atoms with Crippen LogP contribution in [0.4, 0.5) is 0 Å². The number of benzene rings is 1. The average Bonchev–Trinajstić information content (AvgIpc) is 2.89. The SMILES string of the molecule is COc1ccccc1C(=O)OCC1CCCO1. The zero-order chi connectivity index (χ0) is 12.1. The van der Waals surface area contributed by atoms with Crippen molar-refractivity contribution in [2.45, 2.75) is 18.9 Å². The summed E-state index contributed by atoms with van der Waals surface area (Å²) in [5.41, 5.74) is 0.452. The fourth-order valence-electron chi connectivity index (χ4n) is 1.84. The number of rotatable bonds is 4. The number of ether oxygens (including phenoxy) is 3. The van der Waals surface area contributed by atoms with Gasteiger partial charge in [0, 0.05) is 6.61 Å². The van der Waals surface area contributed by atoms with Crippen LogP contribution in [0.5, 0.6) is 5.75 Å². The Labute approximate surface area is 100 Å². The van der Waals surface area contributed by atoms with Gasteiger partial charge in [-0.05, 0) is 25.0 Å². The minimum atomic E-state index is -0.363. The molecule has 1 fully saturated rings. The summed E-state index contributed by atoms with van der Waals surface area (Å²) < 4.78 is 15.7. The molecule has 0 saturated carbocycles. The Balaban J connectivity index is 1.94. The largest absolute Gasteiger partial charge is 0.496 e. The minimum Gasteiger partial charge on any atom is -0.496 e. The third-order valence-corrected chi connectivity index (χ3v) is 2.75. The van der Waals surface area contributed by atoms with E-state index in [0.29, 0.717) is 17.9 Å². The van der Waals surface area contributed by atoms with Gasteiger partial charge in [0.15, 0.2) is 0 Å². The second kappa shape index (κ2) is 5.68. The number of esters is 1. The zero-order valence-corrected chi connectivity index (χ0v) is 9.85. The van der Waals surface area contributed by atoms with E-state index >= 15 is 0 Å². The molecule has 0 radical (unpaired) electrons. The predicted molar refractivity (Wildman–Crippen MR) is 62.3 cm³/mol. The third-order valence-electron chi connectivity index (χ3n) is 2.75. The zero-order valence-electron chi connectivity index (χ0n) is 9.85. The highest BCUT2D eigenvalue weighted by atomic mass is 16.6. The normalized spacial score (nSPS) is 19.0. The van der Waals surface area contributed by atoms with Gasteiger partial charge in [-0.25, -0.2) is 4.79 Å². The molecule has 0 spiro atoms. The minimum absolute atomic E-state index is 0.0497. The van der Waals surface area contributed by atoms with Crippen molar-refractivity contribution in [3.63, 3.8) is 0 Å². The van der Waals surface area contributed by atoms with Crippen LogP contribution in [0.25, 0.3) is 0 Å². The van der Waals surface area contributed by atoms with E-state index in [1.54, 1.807) is 18.2 Å². The van der Waals surface area contributed by atoms with E-state index in [1.807, 2.05) is 6.07 Å². The monoisotopic (exact) mass is 236 g/mol. The van der Waals surface area contributed by atoms with Gasteiger partial charge in [0.05, 0.1) is 13.2 Å². The first-order valence-electron chi connectivity index (χ1n) is 5.73. The van der Waals surface area contributed by atoms with Crippen molar-refractivity contribution in [1.29, 1.82) is 0 Å². The lowest BCUT2D eigenvalue weighted by atomic mass is 10.2. The van der Waals surface area contributed by atoms with E-state index in [4.69, 9.17) is 14.2 Å². The van der Waals surface area contributed by atoms with Crippen LogP contribution in [-0.2, 0) is 9.47 Å². The van der Waals surface area contributed by atoms with E-state index in [0.717, 1.165) is 19.4 Å². The molecule has 1 unspecified atom stereocenters. The molecule has 1 aromatic rings. The van der Waals surface area contributed by atoms with Gasteiger partial charge in [0.25, 0.3) is 0 Å². The van der Waals surface area contributed by atoms with Gasteiger partial charge in [0.2, 0.25) is 0 Å². The van der Waals surface area contributed by atoms with Gasteiger partial charge < -0.3 is 14.2 Å². The van der Waals surface area contributed by atoms with Gasteiger partial charge in [-0.2, -0.15) is 0 Å². The number of methoxy groups -OCH3 is 1. The summed E-state index contributed by atoms with van der Waals surface area (Å²) in [6.07, 6.45) is 2.05. The molecule has 0 aliphatic carbocycles. The van der Waals surface area contributed by atoms with E-state index < -0.39 is 0 Å². The van der Waals surface area contributed by atoms with Gasteiger partial charge in [-0.15, -0.1) is 0 Å². The van der Waals surface area contributed by atoms with Crippen molar-refractivity contribution in [2.75, 3.05) is 20.3 Å². The van der Waals surface area contributed by atoms with Crippen LogP contribution in [-0.4, -0.2) is 32.4 Å². The topological polar surface area (TPSA) is 44.8 Å². The number of hydrogen-bond donors (Lipinski definition) is 0. The van der Waals surface area contributed by atoms with E-state index in [2.05, 4.69) is 0 Å². The molecular formula is C13H16O4. The highest BCUT2D eigenvalue weighted by molar-refractivity contribution is 5.92. The number of carbonyl (C=O) groups excluding carboxylic acids is 1. The molecule has 1 aromatic carbocycles. The fraction of sp³-hybridized carbons (Fsp3) is 0.462. The lowest BCUT2D eigenvalue weighted by Crippen LogP contribution is -2.18. The molecule has 1 aliphatic heterocycles. The van der Waals surface area contributed by atoms with Gasteiger partial charge in [-0.3, -0.25) is 0 Å². The summed E-state index contributed by atoms with van der Waals surface area (Å²) in [6, 6.07) is 7.03. The molecule has 2 rings (SSSR count). The van der Waals surface area contributed by atoms with Crippen LogP contribution in [0.1, 0.15) is 23.2 Å². The van der Waals surface area contributed by atoms with Crippen LogP contribution >= 0.6 is 0 Å². The van der Waals surface area contributed by atoms with Crippen molar-refractivity contribution in [3.05, 3.63) is 29.8 Å². The quantitative estimate of drug-likeness (QED) is 0.750. The predicted octanol–water partition coefficient (Wildman–Crippen LogP) is 2.03. The molecule has 0 amide bonds. The van der Waals surface area contributed by atoms with Gasteiger partial charge in [-0.1, -0.05) is 12.1 Å².